The van der Waals surface area contributed by atoms with Crippen molar-refractivity contribution in [1.29, 1.82) is 0 Å². The van der Waals surface area contributed by atoms with E-state index < -0.39 is 5.97 Å². The van der Waals surface area contributed by atoms with Gasteiger partial charge in [-0.25, -0.2) is 14.8 Å². The van der Waals surface area contributed by atoms with E-state index in [1.54, 1.807) is 24.7 Å². The molecule has 0 saturated carbocycles. The molecule has 25 heavy (non-hydrogen) atoms. The summed E-state index contributed by atoms with van der Waals surface area (Å²) in [5.41, 5.74) is 3.07. The van der Waals surface area contributed by atoms with Crippen molar-refractivity contribution in [3.8, 4) is 0 Å². The highest BCUT2D eigenvalue weighted by molar-refractivity contribution is 7.17. The molecular formula is C16H17N5O3S. The number of hydrogen-bond donors (Lipinski definition) is 1. The molecule has 9 heteroatoms. The molecule has 0 radical (unpaired) electrons. The molecule has 3 aromatic rings. The van der Waals surface area contributed by atoms with Gasteiger partial charge in [0.05, 0.1) is 29.4 Å². The molecule has 3 aromatic heterocycles. The molecule has 1 N–H and O–H groups in total. The van der Waals surface area contributed by atoms with Crippen molar-refractivity contribution in [2.24, 2.45) is 7.05 Å². The predicted octanol–water partition coefficient (Wildman–Crippen LogP) is 2.39. The van der Waals surface area contributed by atoms with E-state index in [-0.39, 0.29) is 5.91 Å². The van der Waals surface area contributed by atoms with Gasteiger partial charge in [0.15, 0.2) is 10.8 Å². The number of carbonyl (C=O) groups excluding carboxylic acids is 2. The molecule has 0 aliphatic carbocycles. The maximum Gasteiger partial charge on any atom is 0.350 e. The second-order valence-electron chi connectivity index (χ2n) is 5.60. The molecular weight excluding hydrogens is 342 g/mol. The number of rotatable bonds is 3. The van der Waals surface area contributed by atoms with E-state index in [2.05, 4.69) is 20.4 Å². The number of fused-ring (bicyclic) bond motifs is 1. The summed E-state index contributed by atoms with van der Waals surface area (Å²) < 4.78 is 6.36. The highest BCUT2D eigenvalue weighted by Crippen LogP contribution is 2.26. The van der Waals surface area contributed by atoms with Gasteiger partial charge >= 0.3 is 5.97 Å². The summed E-state index contributed by atoms with van der Waals surface area (Å²) in [5, 5.41) is 8.12. The van der Waals surface area contributed by atoms with Crippen LogP contribution in [0.2, 0.25) is 0 Å². The van der Waals surface area contributed by atoms with E-state index in [0.717, 1.165) is 17.0 Å². The molecule has 1 amide bonds. The number of amides is 1. The fourth-order valence-electron chi connectivity index (χ4n) is 2.65. The molecule has 0 bridgehead atoms. The zero-order chi connectivity index (χ0) is 18.3. The van der Waals surface area contributed by atoms with Crippen LogP contribution in [-0.2, 0) is 11.8 Å². The van der Waals surface area contributed by atoms with E-state index in [1.807, 2.05) is 13.8 Å². The largest absolute Gasteiger partial charge is 0.465 e. The maximum atomic E-state index is 12.8. The number of ether oxygens (including phenoxy) is 1. The lowest BCUT2D eigenvalue weighted by atomic mass is 10.1. The molecule has 0 atom stereocenters. The summed E-state index contributed by atoms with van der Waals surface area (Å²) in [6.07, 6.45) is 0. The van der Waals surface area contributed by atoms with E-state index in [4.69, 9.17) is 4.74 Å². The highest BCUT2D eigenvalue weighted by atomic mass is 32.1. The van der Waals surface area contributed by atoms with Crippen LogP contribution in [0.1, 0.15) is 37.1 Å². The number of aromatic nitrogens is 4. The fraction of sp³-hybridized carbons (Fsp3) is 0.312. The summed E-state index contributed by atoms with van der Waals surface area (Å²) in [7, 11) is 3.09. The van der Waals surface area contributed by atoms with Crippen LogP contribution in [0.25, 0.3) is 11.0 Å². The zero-order valence-corrected chi connectivity index (χ0v) is 15.3. The molecule has 0 aliphatic rings. The van der Waals surface area contributed by atoms with E-state index >= 15 is 0 Å². The van der Waals surface area contributed by atoms with Crippen molar-refractivity contribution < 1.29 is 14.3 Å². The van der Waals surface area contributed by atoms with Crippen LogP contribution in [0.5, 0.6) is 0 Å². The topological polar surface area (TPSA) is 99.0 Å². The lowest BCUT2D eigenvalue weighted by molar-refractivity contribution is 0.0605. The first-order valence-electron chi connectivity index (χ1n) is 7.50. The second kappa shape index (κ2) is 6.25. The Morgan fingerprint density at radius 2 is 1.92 bits per heavy atom. The number of carbonyl (C=O) groups is 2. The Hall–Kier alpha value is -2.81. The Bertz CT molecular complexity index is 1010. The first-order valence-corrected chi connectivity index (χ1v) is 8.31. The van der Waals surface area contributed by atoms with Gasteiger partial charge in [-0.2, -0.15) is 5.10 Å². The third-order valence-corrected chi connectivity index (χ3v) is 4.78. The Morgan fingerprint density at radius 1 is 1.20 bits per heavy atom. The van der Waals surface area contributed by atoms with Crippen molar-refractivity contribution >= 4 is 39.4 Å². The minimum absolute atomic E-state index is 0.322. The number of nitrogens with one attached hydrogen (secondary N) is 1. The molecule has 0 saturated heterocycles. The van der Waals surface area contributed by atoms with Gasteiger partial charge in [-0.15, -0.1) is 0 Å². The highest BCUT2D eigenvalue weighted by Gasteiger charge is 2.21. The first-order chi connectivity index (χ1) is 11.8. The Kier molecular flexibility index (Phi) is 4.25. The molecule has 0 unspecified atom stereocenters. The van der Waals surface area contributed by atoms with E-state index in [0.29, 0.717) is 38.0 Å². The van der Waals surface area contributed by atoms with Gasteiger partial charge in [-0.1, -0.05) is 11.3 Å². The molecule has 0 fully saturated rings. The molecule has 0 spiro atoms. The SMILES string of the molecule is COC(=O)c1sc(NC(=O)c2cc(C)nc3c2c(C)nn3C)nc1C. The summed E-state index contributed by atoms with van der Waals surface area (Å²) >= 11 is 1.08. The van der Waals surface area contributed by atoms with Crippen molar-refractivity contribution in [1.82, 2.24) is 19.7 Å². The summed E-state index contributed by atoms with van der Waals surface area (Å²) in [6.45, 7) is 5.35. The minimum Gasteiger partial charge on any atom is -0.465 e. The molecule has 0 aromatic carbocycles. The summed E-state index contributed by atoms with van der Waals surface area (Å²) in [5.74, 6) is -0.794. The lowest BCUT2D eigenvalue weighted by Crippen LogP contribution is -2.13. The molecule has 0 aliphatic heterocycles. The number of methoxy groups -OCH3 is 1. The van der Waals surface area contributed by atoms with Crippen LogP contribution < -0.4 is 5.32 Å². The van der Waals surface area contributed by atoms with Crippen LogP contribution in [0.3, 0.4) is 0 Å². The van der Waals surface area contributed by atoms with Crippen molar-refractivity contribution in [2.45, 2.75) is 20.8 Å². The van der Waals surface area contributed by atoms with Crippen molar-refractivity contribution in [3.63, 3.8) is 0 Å². The summed E-state index contributed by atoms with van der Waals surface area (Å²) in [6, 6.07) is 1.72. The number of thiazole rings is 1. The molecule has 3 rings (SSSR count). The van der Waals surface area contributed by atoms with Crippen LogP contribution >= 0.6 is 11.3 Å². The number of aryl methyl sites for hydroxylation is 4. The summed E-state index contributed by atoms with van der Waals surface area (Å²) in [4.78, 5) is 33.5. The van der Waals surface area contributed by atoms with Gasteiger partial charge in [0.25, 0.3) is 5.91 Å². The number of nitrogens with zero attached hydrogens (tertiary/aromatic N) is 4. The zero-order valence-electron chi connectivity index (χ0n) is 14.5. The monoisotopic (exact) mass is 359 g/mol. The first kappa shape index (κ1) is 17.0. The number of anilines is 1. The average molecular weight is 359 g/mol. The van der Waals surface area contributed by atoms with Crippen molar-refractivity contribution in [2.75, 3.05) is 12.4 Å². The molecule has 3 heterocycles. The van der Waals surface area contributed by atoms with Crippen LogP contribution in [-0.4, -0.2) is 38.7 Å². The van der Waals surface area contributed by atoms with E-state index in [9.17, 15) is 9.59 Å². The van der Waals surface area contributed by atoms with Gasteiger partial charge in [-0.3, -0.25) is 14.8 Å². The minimum atomic E-state index is -0.472. The molecule has 130 valence electrons. The standard InChI is InChI=1S/C16H17N5O3S/c1-7-6-10(11-8(2)20-21(4)13(11)17-7)14(22)19-16-18-9(3)12(25-16)15(23)24-5/h6H,1-5H3,(H,18,19,22). The van der Waals surface area contributed by atoms with Gasteiger partial charge in [-0.05, 0) is 26.8 Å². The quantitative estimate of drug-likeness (QED) is 0.721. The second-order valence-corrected chi connectivity index (χ2v) is 6.60. The number of hydrogen-bond acceptors (Lipinski definition) is 7. The van der Waals surface area contributed by atoms with Crippen molar-refractivity contribution in [3.05, 3.63) is 33.6 Å². The maximum absolute atomic E-state index is 12.8. The molecule has 8 nitrogen and oxygen atoms in total. The third kappa shape index (κ3) is 2.98. The number of esters is 1. The normalized spacial score (nSPS) is 10.9. The lowest BCUT2D eigenvalue weighted by Gasteiger charge is -2.05. The van der Waals surface area contributed by atoms with Gasteiger partial charge in [0.1, 0.15) is 4.88 Å². The Balaban J connectivity index is 2.00. The van der Waals surface area contributed by atoms with Crippen LogP contribution in [0, 0.1) is 20.8 Å². The Morgan fingerprint density at radius 3 is 2.60 bits per heavy atom. The predicted molar refractivity (Wildman–Crippen MR) is 94.1 cm³/mol. The van der Waals surface area contributed by atoms with Crippen LogP contribution in [0.4, 0.5) is 5.13 Å². The fourth-order valence-corrected chi connectivity index (χ4v) is 3.53. The van der Waals surface area contributed by atoms with Gasteiger partial charge in [0, 0.05) is 12.7 Å². The average Bonchev–Trinajstić information content (AvgIpc) is 3.06. The number of pyridine rings is 1. The van der Waals surface area contributed by atoms with Gasteiger partial charge in [0.2, 0.25) is 0 Å². The van der Waals surface area contributed by atoms with Gasteiger partial charge < -0.3 is 4.74 Å². The Labute approximate surface area is 147 Å². The smallest absolute Gasteiger partial charge is 0.350 e. The van der Waals surface area contributed by atoms with Crippen LogP contribution in [0.15, 0.2) is 6.07 Å². The van der Waals surface area contributed by atoms with E-state index in [1.165, 1.54) is 7.11 Å². The third-order valence-electron chi connectivity index (χ3n) is 3.73.